The molecule has 1 unspecified atom stereocenters. The smallest absolute Gasteiger partial charge is 0.328 e. The zero-order valence-corrected chi connectivity index (χ0v) is 17.5. The van der Waals surface area contributed by atoms with Crippen molar-refractivity contribution in [3.05, 3.63) is 60.4 Å². The van der Waals surface area contributed by atoms with Crippen molar-refractivity contribution >= 4 is 23.5 Å². The van der Waals surface area contributed by atoms with Crippen LogP contribution in [0.15, 0.2) is 59.9 Å². The summed E-state index contributed by atoms with van der Waals surface area (Å²) < 4.78 is 0. The van der Waals surface area contributed by atoms with Gasteiger partial charge in [0.1, 0.15) is 11.4 Å². The van der Waals surface area contributed by atoms with Crippen LogP contribution in [0.2, 0.25) is 0 Å². The van der Waals surface area contributed by atoms with Crippen molar-refractivity contribution in [2.45, 2.75) is 50.1 Å². The quantitative estimate of drug-likeness (QED) is 0.828. The van der Waals surface area contributed by atoms with Crippen LogP contribution >= 0.6 is 0 Å². The Balaban J connectivity index is 1.54. The van der Waals surface area contributed by atoms with Crippen molar-refractivity contribution in [2.75, 3.05) is 18.0 Å². The average molecular weight is 418 g/mol. The average Bonchev–Trinajstić information content (AvgIpc) is 3.41. The van der Waals surface area contributed by atoms with Gasteiger partial charge in [0, 0.05) is 18.3 Å². The van der Waals surface area contributed by atoms with Crippen molar-refractivity contribution in [3.8, 4) is 0 Å². The molecular formula is C24H27N5O2. The third-order valence-electron chi connectivity index (χ3n) is 6.62. The third-order valence-corrected chi connectivity index (χ3v) is 6.62. The molecule has 0 bridgehead atoms. The van der Waals surface area contributed by atoms with E-state index in [2.05, 4.69) is 10.3 Å². The van der Waals surface area contributed by atoms with Crippen LogP contribution in [0.5, 0.6) is 0 Å². The van der Waals surface area contributed by atoms with Crippen LogP contribution in [0.4, 0.5) is 10.5 Å². The molecule has 1 aliphatic carbocycles. The number of amides is 3. The Labute approximate surface area is 182 Å². The molecule has 3 fully saturated rings. The second-order valence-corrected chi connectivity index (χ2v) is 8.62. The van der Waals surface area contributed by atoms with Crippen LogP contribution < -0.4 is 10.2 Å². The number of rotatable bonds is 3. The molecule has 7 nitrogen and oxygen atoms in total. The number of carbonyl (C=O) groups excluding carboxylic acids is 2. The van der Waals surface area contributed by atoms with Gasteiger partial charge >= 0.3 is 6.03 Å². The van der Waals surface area contributed by atoms with Gasteiger partial charge in [-0.25, -0.2) is 4.79 Å². The second kappa shape index (κ2) is 8.13. The number of benzene rings is 1. The van der Waals surface area contributed by atoms with Gasteiger partial charge in [-0.3, -0.25) is 25.0 Å². The van der Waals surface area contributed by atoms with Crippen molar-refractivity contribution in [2.24, 2.45) is 4.99 Å². The van der Waals surface area contributed by atoms with Gasteiger partial charge in [0.05, 0.1) is 24.5 Å². The lowest BCUT2D eigenvalue weighted by Crippen LogP contribution is -2.61. The molecule has 3 aliphatic rings. The molecule has 3 amide bonds. The fraction of sp³-hybridized carbons (Fsp3) is 0.417. The van der Waals surface area contributed by atoms with Gasteiger partial charge in [-0.2, -0.15) is 0 Å². The van der Waals surface area contributed by atoms with Gasteiger partial charge in [-0.15, -0.1) is 0 Å². The first kappa shape index (κ1) is 19.7. The number of amidine groups is 1. The number of anilines is 1. The zero-order chi connectivity index (χ0) is 21.3. The molecule has 2 aromatic rings. The first-order chi connectivity index (χ1) is 15.2. The maximum absolute atomic E-state index is 13.3. The number of urea groups is 1. The third kappa shape index (κ3) is 3.58. The lowest BCUT2D eigenvalue weighted by atomic mass is 9.86. The van der Waals surface area contributed by atoms with E-state index in [1.807, 2.05) is 47.4 Å². The molecule has 3 heterocycles. The fourth-order valence-electron chi connectivity index (χ4n) is 5.14. The van der Waals surface area contributed by atoms with E-state index in [0.717, 1.165) is 31.4 Å². The van der Waals surface area contributed by atoms with Crippen LogP contribution in [0, 0.1) is 0 Å². The van der Waals surface area contributed by atoms with Gasteiger partial charge in [0.15, 0.2) is 0 Å². The molecule has 1 aromatic carbocycles. The van der Waals surface area contributed by atoms with Gasteiger partial charge in [0.25, 0.3) is 5.91 Å². The van der Waals surface area contributed by atoms with Crippen molar-refractivity contribution in [1.82, 2.24) is 15.2 Å². The monoisotopic (exact) mass is 417 g/mol. The summed E-state index contributed by atoms with van der Waals surface area (Å²) in [6.45, 7) is 1.08. The standard InChI is InChI=1S/C24H27N5O2/c30-21(18-8-2-1-3-9-18)28-15-7-13-24(17-28)22(26-19-10-4-5-11-19)27-23(31)29(24)20-12-6-14-25-16-20/h1-3,6,8-9,12,14,16,19H,4-5,7,10-11,13,15,17H2,(H,26,27,31). The van der Waals surface area contributed by atoms with Gasteiger partial charge < -0.3 is 4.90 Å². The van der Waals surface area contributed by atoms with E-state index in [0.29, 0.717) is 24.5 Å². The number of nitrogens with zero attached hydrogens (tertiary/aromatic N) is 4. The van der Waals surface area contributed by atoms with E-state index in [9.17, 15) is 9.59 Å². The van der Waals surface area contributed by atoms with E-state index < -0.39 is 5.54 Å². The summed E-state index contributed by atoms with van der Waals surface area (Å²) in [5.74, 6) is 0.698. The maximum atomic E-state index is 13.3. The number of piperidine rings is 1. The summed E-state index contributed by atoms with van der Waals surface area (Å²) in [4.78, 5) is 39.3. The Bertz CT molecular complexity index is 988. The highest BCUT2D eigenvalue weighted by molar-refractivity contribution is 6.19. The summed E-state index contributed by atoms with van der Waals surface area (Å²) in [5, 5.41) is 3.06. The molecule has 1 atom stereocenters. The Morgan fingerprint density at radius 1 is 1.10 bits per heavy atom. The Kier molecular flexibility index (Phi) is 5.18. The normalized spacial score (nSPS) is 25.4. The van der Waals surface area contributed by atoms with E-state index in [1.165, 1.54) is 12.8 Å². The Morgan fingerprint density at radius 2 is 1.90 bits per heavy atom. The highest BCUT2D eigenvalue weighted by Gasteiger charge is 2.54. The van der Waals surface area contributed by atoms with Gasteiger partial charge in [0.2, 0.25) is 0 Å². The van der Waals surface area contributed by atoms with E-state index in [-0.39, 0.29) is 18.0 Å². The maximum Gasteiger partial charge on any atom is 0.328 e. The molecule has 0 radical (unpaired) electrons. The topological polar surface area (TPSA) is 77.9 Å². The number of pyridine rings is 1. The van der Waals surface area contributed by atoms with E-state index >= 15 is 0 Å². The zero-order valence-electron chi connectivity index (χ0n) is 17.5. The second-order valence-electron chi connectivity index (χ2n) is 8.62. The summed E-state index contributed by atoms with van der Waals surface area (Å²) >= 11 is 0. The highest BCUT2D eigenvalue weighted by atomic mass is 16.2. The molecule has 31 heavy (non-hydrogen) atoms. The molecule has 160 valence electrons. The molecule has 2 saturated heterocycles. The van der Waals surface area contributed by atoms with Crippen molar-refractivity contribution in [3.63, 3.8) is 0 Å². The largest absolute Gasteiger partial charge is 0.336 e. The molecule has 1 saturated carbocycles. The molecule has 1 aromatic heterocycles. The Hall–Kier alpha value is -3.22. The number of aliphatic imine (C=N–C) groups is 1. The van der Waals surface area contributed by atoms with Crippen molar-refractivity contribution in [1.29, 1.82) is 0 Å². The molecule has 1 spiro atoms. The van der Waals surface area contributed by atoms with Crippen molar-refractivity contribution < 1.29 is 9.59 Å². The number of hydrogen-bond donors (Lipinski definition) is 1. The number of likely N-dealkylation sites (tertiary alicyclic amines) is 1. The number of carbonyl (C=O) groups is 2. The minimum absolute atomic E-state index is 0.00891. The number of nitrogens with one attached hydrogen (secondary N) is 1. The van der Waals surface area contributed by atoms with Crippen LogP contribution in [0.3, 0.4) is 0 Å². The Morgan fingerprint density at radius 3 is 2.65 bits per heavy atom. The summed E-state index contributed by atoms with van der Waals surface area (Å²) in [5.41, 5.74) is 0.704. The minimum atomic E-state index is -0.689. The lowest BCUT2D eigenvalue weighted by molar-refractivity contribution is 0.0686. The summed E-state index contributed by atoms with van der Waals surface area (Å²) in [6.07, 6.45) is 9.41. The molecule has 7 heteroatoms. The first-order valence-corrected chi connectivity index (χ1v) is 11.1. The van der Waals surface area contributed by atoms with E-state index in [1.54, 1.807) is 17.3 Å². The van der Waals surface area contributed by atoms with Gasteiger partial charge in [-0.05, 0) is 49.9 Å². The SMILES string of the molecule is O=C(c1ccccc1)N1CCCC2(C1)C(=NC1CCCC1)NC(=O)N2c1cccnc1. The highest BCUT2D eigenvalue weighted by Crippen LogP contribution is 2.37. The predicted molar refractivity (Wildman–Crippen MR) is 119 cm³/mol. The van der Waals surface area contributed by atoms with Crippen LogP contribution in [0.1, 0.15) is 48.9 Å². The number of aromatic nitrogens is 1. The lowest BCUT2D eigenvalue weighted by Gasteiger charge is -2.44. The molecular weight excluding hydrogens is 390 g/mol. The summed E-state index contributed by atoms with van der Waals surface area (Å²) in [7, 11) is 0. The molecule has 5 rings (SSSR count). The summed E-state index contributed by atoms with van der Waals surface area (Å²) in [6, 6.07) is 13.1. The number of hydrogen-bond acceptors (Lipinski definition) is 4. The van der Waals surface area contributed by atoms with E-state index in [4.69, 9.17) is 4.99 Å². The van der Waals surface area contributed by atoms with Gasteiger partial charge in [-0.1, -0.05) is 31.0 Å². The first-order valence-electron chi connectivity index (χ1n) is 11.1. The van der Waals surface area contributed by atoms with Crippen LogP contribution in [-0.2, 0) is 0 Å². The fourth-order valence-corrected chi connectivity index (χ4v) is 5.14. The van der Waals surface area contributed by atoms with Crippen LogP contribution in [-0.4, -0.2) is 52.3 Å². The van der Waals surface area contributed by atoms with Crippen LogP contribution in [0.25, 0.3) is 0 Å². The molecule has 2 aliphatic heterocycles. The predicted octanol–water partition coefficient (Wildman–Crippen LogP) is 3.63. The minimum Gasteiger partial charge on any atom is -0.336 e. The molecule has 1 N–H and O–H groups in total.